The Morgan fingerprint density at radius 1 is 0.880 bits per heavy atom. The fourth-order valence-corrected chi connectivity index (χ4v) is 1.27. The third-order valence-electron chi connectivity index (χ3n) is 1.92. The molecule has 0 aliphatic rings. The second kappa shape index (κ2) is 28.1. The van der Waals surface area contributed by atoms with Crippen LogP contribution in [0.15, 0.2) is 0 Å². The fourth-order valence-electron chi connectivity index (χ4n) is 1.27. The van der Waals surface area contributed by atoms with Crippen molar-refractivity contribution in [2.75, 3.05) is 69.5 Å². The van der Waals surface area contributed by atoms with Crippen LogP contribution in [0.25, 0.3) is 0 Å². The Bertz CT molecular complexity index is 308. The Labute approximate surface area is 171 Å². The van der Waals surface area contributed by atoms with Crippen molar-refractivity contribution < 1.29 is 9.15 Å². The van der Waals surface area contributed by atoms with Crippen LogP contribution in [0.3, 0.4) is 0 Å². The normalized spacial score (nSPS) is 7.04. The minimum absolute atomic E-state index is 0. The zero-order valence-corrected chi connectivity index (χ0v) is 17.6. The SMILES string of the molecule is C.C.C.CCN.CCNC(N(C)C)=[N+](C)C.CN(C)C(Cl)=[N+](C)C.Cl. The van der Waals surface area contributed by atoms with Crippen molar-refractivity contribution in [3.05, 3.63) is 0 Å². The van der Waals surface area contributed by atoms with Gasteiger partial charge in [-0.15, -0.1) is 12.4 Å². The second-order valence-corrected chi connectivity index (χ2v) is 5.45. The smallest absolute Gasteiger partial charge is 0.331 e. The highest BCUT2D eigenvalue weighted by atomic mass is 35.5. The Kier molecular flexibility index (Phi) is 49.5. The summed E-state index contributed by atoms with van der Waals surface area (Å²) in [4.78, 5) is 3.91. The van der Waals surface area contributed by atoms with Crippen molar-refractivity contribution in [3.8, 4) is 0 Å². The van der Waals surface area contributed by atoms with E-state index in [9.17, 15) is 0 Å². The zero-order valence-electron chi connectivity index (χ0n) is 16.1. The molecule has 0 amide bonds. The molecule has 0 spiro atoms. The van der Waals surface area contributed by atoms with Gasteiger partial charge < -0.3 is 5.73 Å². The first-order valence-electron chi connectivity index (χ1n) is 7.09. The summed E-state index contributed by atoms with van der Waals surface area (Å²) in [6, 6.07) is 0. The molecule has 0 atom stereocenters. The summed E-state index contributed by atoms with van der Waals surface area (Å²) < 4.78 is 3.91. The maximum atomic E-state index is 5.72. The van der Waals surface area contributed by atoms with Gasteiger partial charge in [0.25, 0.3) is 0 Å². The molecule has 0 unspecified atom stereocenters. The molecule has 25 heavy (non-hydrogen) atoms. The number of amidine groups is 1. The summed E-state index contributed by atoms with van der Waals surface area (Å²) in [5, 5.41) is 3.99. The number of nitrogens with one attached hydrogen (secondary N) is 1. The fraction of sp³-hybridized carbons (Fsp3) is 0.882. The highest BCUT2D eigenvalue weighted by Gasteiger charge is 2.07. The minimum atomic E-state index is 0. The van der Waals surface area contributed by atoms with Gasteiger partial charge in [-0.1, -0.05) is 29.2 Å². The summed E-state index contributed by atoms with van der Waals surface area (Å²) in [7, 11) is 15.7. The van der Waals surface area contributed by atoms with Gasteiger partial charge in [0.1, 0.15) is 0 Å². The molecule has 0 fully saturated rings. The van der Waals surface area contributed by atoms with Crippen LogP contribution in [0.4, 0.5) is 0 Å². The minimum Gasteiger partial charge on any atom is -0.331 e. The van der Waals surface area contributed by atoms with Crippen molar-refractivity contribution in [3.63, 3.8) is 0 Å². The van der Waals surface area contributed by atoms with Gasteiger partial charge >= 0.3 is 11.3 Å². The molecule has 0 aromatic rings. The monoisotopic (exact) mass is 408 g/mol. The van der Waals surface area contributed by atoms with Gasteiger partial charge in [-0.25, -0.2) is 0 Å². The number of hydrogen-bond acceptors (Lipinski definition) is 1. The molecule has 0 aliphatic carbocycles. The highest BCUT2D eigenvalue weighted by molar-refractivity contribution is 6.62. The van der Waals surface area contributed by atoms with Crippen molar-refractivity contribution in [2.45, 2.75) is 36.1 Å². The number of guanidine groups is 1. The Morgan fingerprint density at radius 2 is 1.20 bits per heavy atom. The molecule has 3 N–H and O–H groups in total. The Balaban J connectivity index is -0.0000000397. The average Bonchev–Trinajstić information content (AvgIpc) is 2.35. The number of nitrogens with two attached hydrogens (primary N) is 1. The van der Waals surface area contributed by atoms with Crippen molar-refractivity contribution in [2.24, 2.45) is 5.73 Å². The largest absolute Gasteiger partial charge is 0.347 e. The standard InChI is InChI=1S/C7H17N3.C5H12ClN2.C2H7N.3CH4.ClH/c1-6-8-7(9(2)3)10(4)5;1-7(2)5(6)8(3)4;1-2-3;;;;/h6H2,1-5H3;1-4H3;2-3H2,1H3;3*1H4;1H/q;+1;;;;;/p+1. The first-order valence-corrected chi connectivity index (χ1v) is 7.47. The average molecular weight is 410 g/mol. The molecular formula is C17H50Cl2N6+2. The second-order valence-electron chi connectivity index (χ2n) is 5.11. The topological polar surface area (TPSA) is 50.5 Å². The Hall–Kier alpha value is -0.720. The summed E-state index contributed by atoms with van der Waals surface area (Å²) in [5.41, 5.74) is 4.85. The van der Waals surface area contributed by atoms with E-state index in [1.165, 1.54) is 0 Å². The van der Waals surface area contributed by atoms with E-state index in [4.69, 9.17) is 17.3 Å². The van der Waals surface area contributed by atoms with Gasteiger partial charge in [-0.2, -0.15) is 0 Å². The molecular weight excluding hydrogens is 359 g/mol. The number of nitrogens with zero attached hydrogens (tertiary/aromatic N) is 4. The summed E-state index contributed by atoms with van der Waals surface area (Å²) >= 11 is 5.72. The molecule has 0 saturated heterocycles. The molecule has 0 heterocycles. The lowest BCUT2D eigenvalue weighted by molar-refractivity contribution is -0.472. The first kappa shape index (κ1) is 44.1. The zero-order chi connectivity index (χ0) is 17.6. The van der Waals surface area contributed by atoms with E-state index in [0.29, 0.717) is 0 Å². The van der Waals surface area contributed by atoms with Crippen LogP contribution in [0.1, 0.15) is 36.1 Å². The van der Waals surface area contributed by atoms with E-state index in [2.05, 4.69) is 21.7 Å². The highest BCUT2D eigenvalue weighted by Crippen LogP contribution is 1.85. The Morgan fingerprint density at radius 3 is 1.24 bits per heavy atom. The lowest BCUT2D eigenvalue weighted by Crippen LogP contribution is -2.41. The molecule has 0 rings (SSSR count). The van der Waals surface area contributed by atoms with E-state index >= 15 is 0 Å². The van der Waals surface area contributed by atoms with Gasteiger partial charge in [-0.05, 0) is 13.5 Å². The van der Waals surface area contributed by atoms with Crippen LogP contribution in [-0.2, 0) is 0 Å². The van der Waals surface area contributed by atoms with Gasteiger partial charge in [0.15, 0.2) is 0 Å². The van der Waals surface area contributed by atoms with E-state index < -0.39 is 0 Å². The van der Waals surface area contributed by atoms with Gasteiger partial charge in [-0.3, -0.25) is 24.3 Å². The maximum absolute atomic E-state index is 5.72. The molecule has 0 bridgehead atoms. The van der Waals surface area contributed by atoms with E-state index in [-0.39, 0.29) is 34.7 Å². The summed E-state index contributed by atoms with van der Waals surface area (Å²) in [5.74, 6) is 1.14. The number of hydrogen-bond donors (Lipinski definition) is 2. The molecule has 0 aromatic carbocycles. The van der Waals surface area contributed by atoms with Crippen molar-refractivity contribution >= 4 is 35.3 Å². The van der Waals surface area contributed by atoms with Crippen LogP contribution < -0.4 is 11.1 Å². The predicted octanol–water partition coefficient (Wildman–Crippen LogP) is 2.50. The lowest BCUT2D eigenvalue weighted by atomic mass is 10.7. The maximum Gasteiger partial charge on any atom is 0.347 e. The van der Waals surface area contributed by atoms with Gasteiger partial charge in [0, 0.05) is 11.6 Å². The summed E-state index contributed by atoms with van der Waals surface area (Å²) in [6.45, 7) is 5.71. The molecule has 0 radical (unpaired) electrons. The van der Waals surface area contributed by atoms with E-state index in [1.54, 1.807) is 0 Å². The number of halogens is 2. The van der Waals surface area contributed by atoms with Crippen molar-refractivity contribution in [1.29, 1.82) is 0 Å². The number of rotatable bonds is 1. The molecule has 160 valence electrons. The van der Waals surface area contributed by atoms with E-state index in [1.807, 2.05) is 72.8 Å². The molecule has 0 saturated carbocycles. The van der Waals surface area contributed by atoms with Crippen LogP contribution in [0.2, 0.25) is 0 Å². The molecule has 8 heteroatoms. The molecule has 6 nitrogen and oxygen atoms in total. The van der Waals surface area contributed by atoms with Crippen molar-refractivity contribution in [1.82, 2.24) is 15.1 Å². The molecule has 0 aliphatic heterocycles. The summed E-state index contributed by atoms with van der Waals surface area (Å²) in [6.07, 6.45) is 0. The lowest BCUT2D eigenvalue weighted by Gasteiger charge is -2.11. The van der Waals surface area contributed by atoms with Crippen LogP contribution >= 0.6 is 24.0 Å². The predicted molar refractivity (Wildman–Crippen MR) is 123 cm³/mol. The first-order chi connectivity index (χ1) is 9.56. The third-order valence-corrected chi connectivity index (χ3v) is 2.60. The van der Waals surface area contributed by atoms with Gasteiger partial charge in [0.05, 0.1) is 62.9 Å². The van der Waals surface area contributed by atoms with Crippen LogP contribution in [0.5, 0.6) is 0 Å². The van der Waals surface area contributed by atoms with Crippen LogP contribution in [-0.4, -0.2) is 99.7 Å². The molecule has 0 aromatic heterocycles. The van der Waals surface area contributed by atoms with Gasteiger partial charge in [0.2, 0.25) is 0 Å². The quantitative estimate of drug-likeness (QED) is 0.302. The van der Waals surface area contributed by atoms with Crippen LogP contribution in [0, 0.1) is 0 Å². The third kappa shape index (κ3) is 31.5. The van der Waals surface area contributed by atoms with E-state index in [0.717, 1.165) is 24.3 Å².